The van der Waals surface area contributed by atoms with Crippen molar-refractivity contribution in [2.24, 2.45) is 0 Å². The van der Waals surface area contributed by atoms with Gasteiger partial charge in [-0.15, -0.1) is 0 Å². The molecule has 4 heteroatoms. The molecule has 0 heterocycles. The molecule has 0 aliphatic rings. The number of anilines is 1. The molecular weight excluding hydrogens is 226 g/mol. The molecule has 18 heavy (non-hydrogen) atoms. The third-order valence-corrected chi connectivity index (χ3v) is 2.68. The van der Waals surface area contributed by atoms with Crippen LogP contribution in [0.1, 0.15) is 18.9 Å². The molecule has 4 nitrogen and oxygen atoms in total. The van der Waals surface area contributed by atoms with E-state index >= 15 is 0 Å². The van der Waals surface area contributed by atoms with Crippen LogP contribution < -0.4 is 15.5 Å². The fourth-order valence-electron chi connectivity index (χ4n) is 1.63. The Kier molecular flexibility index (Phi) is 6.22. The van der Waals surface area contributed by atoms with Gasteiger partial charge in [-0.3, -0.25) is 4.79 Å². The summed E-state index contributed by atoms with van der Waals surface area (Å²) in [4.78, 5) is 13.3. The molecule has 1 amide bonds. The third kappa shape index (κ3) is 5.19. The molecule has 0 aromatic heterocycles. The van der Waals surface area contributed by atoms with Crippen LogP contribution in [0.3, 0.4) is 0 Å². The largest absolute Gasteiger partial charge is 0.378 e. The number of nitrogens with one attached hydrogen (secondary N) is 2. The van der Waals surface area contributed by atoms with Gasteiger partial charge >= 0.3 is 0 Å². The van der Waals surface area contributed by atoms with Crippen molar-refractivity contribution in [2.45, 2.75) is 19.9 Å². The van der Waals surface area contributed by atoms with E-state index in [1.54, 1.807) is 0 Å². The first-order chi connectivity index (χ1) is 8.63. The number of carbonyl (C=O) groups excluding carboxylic acids is 1. The van der Waals surface area contributed by atoms with Crippen LogP contribution in [0.2, 0.25) is 0 Å². The summed E-state index contributed by atoms with van der Waals surface area (Å²) in [7, 11) is 4.05. The molecule has 1 aromatic carbocycles. The van der Waals surface area contributed by atoms with E-state index in [9.17, 15) is 4.79 Å². The van der Waals surface area contributed by atoms with Crippen LogP contribution in [0.25, 0.3) is 0 Å². The van der Waals surface area contributed by atoms with Gasteiger partial charge in [-0.05, 0) is 24.6 Å². The average molecular weight is 249 g/mol. The Hall–Kier alpha value is -1.55. The molecule has 2 N–H and O–H groups in total. The molecule has 0 fully saturated rings. The van der Waals surface area contributed by atoms with Gasteiger partial charge in [-0.25, -0.2) is 0 Å². The van der Waals surface area contributed by atoms with Crippen molar-refractivity contribution in [1.82, 2.24) is 10.6 Å². The van der Waals surface area contributed by atoms with E-state index in [2.05, 4.69) is 39.8 Å². The molecule has 0 saturated carbocycles. The van der Waals surface area contributed by atoms with E-state index < -0.39 is 0 Å². The second-order valence-electron chi connectivity index (χ2n) is 4.44. The molecule has 0 atom stereocenters. The van der Waals surface area contributed by atoms with Gasteiger partial charge in [0.05, 0.1) is 0 Å². The van der Waals surface area contributed by atoms with E-state index in [4.69, 9.17) is 0 Å². The molecule has 0 aliphatic carbocycles. The number of nitrogens with zero attached hydrogens (tertiary/aromatic N) is 1. The molecule has 100 valence electrons. The Labute approximate surface area is 109 Å². The Balaban J connectivity index is 2.25. The Morgan fingerprint density at radius 2 is 1.89 bits per heavy atom. The third-order valence-electron chi connectivity index (χ3n) is 2.68. The maximum Gasteiger partial charge on any atom is 0.221 e. The summed E-state index contributed by atoms with van der Waals surface area (Å²) in [6.45, 7) is 4.14. The van der Waals surface area contributed by atoms with Gasteiger partial charge in [-0.2, -0.15) is 0 Å². The monoisotopic (exact) mass is 249 g/mol. The minimum absolute atomic E-state index is 0.105. The molecule has 0 radical (unpaired) electrons. The fourth-order valence-corrected chi connectivity index (χ4v) is 1.63. The zero-order chi connectivity index (χ0) is 13.4. The van der Waals surface area contributed by atoms with Crippen LogP contribution in [-0.2, 0) is 11.3 Å². The van der Waals surface area contributed by atoms with E-state index in [0.717, 1.165) is 6.54 Å². The number of rotatable bonds is 7. The van der Waals surface area contributed by atoms with Crippen LogP contribution in [-0.4, -0.2) is 33.1 Å². The molecule has 0 unspecified atom stereocenters. The van der Waals surface area contributed by atoms with Gasteiger partial charge < -0.3 is 15.5 Å². The fraction of sp³-hybridized carbons (Fsp3) is 0.500. The predicted octanol–water partition coefficient (Wildman–Crippen LogP) is 1.37. The number of benzene rings is 1. The summed E-state index contributed by atoms with van der Waals surface area (Å²) in [5.74, 6) is 0.105. The standard InChI is InChI=1S/C14H23N3O/c1-4-16-14(18)9-10-15-11-12-5-7-13(8-6-12)17(2)3/h5-8,15H,4,9-11H2,1-3H3,(H,16,18). The summed E-state index contributed by atoms with van der Waals surface area (Å²) in [5.41, 5.74) is 2.43. The van der Waals surface area contributed by atoms with E-state index in [1.165, 1.54) is 11.3 Å². The second-order valence-corrected chi connectivity index (χ2v) is 4.44. The van der Waals surface area contributed by atoms with Crippen LogP contribution in [0, 0.1) is 0 Å². The van der Waals surface area contributed by atoms with Crippen LogP contribution in [0.4, 0.5) is 5.69 Å². The Bertz CT molecular complexity index is 360. The number of hydrogen-bond donors (Lipinski definition) is 2. The second kappa shape index (κ2) is 7.71. The first kappa shape index (κ1) is 14.5. The topological polar surface area (TPSA) is 44.4 Å². The van der Waals surface area contributed by atoms with Crippen LogP contribution >= 0.6 is 0 Å². The first-order valence-electron chi connectivity index (χ1n) is 6.37. The van der Waals surface area contributed by atoms with Crippen LogP contribution in [0.15, 0.2) is 24.3 Å². The van der Waals surface area contributed by atoms with Crippen molar-refractivity contribution in [2.75, 3.05) is 32.1 Å². The van der Waals surface area contributed by atoms with Gasteiger partial charge in [0.25, 0.3) is 0 Å². The summed E-state index contributed by atoms with van der Waals surface area (Å²) in [6, 6.07) is 8.41. The Morgan fingerprint density at radius 1 is 1.22 bits per heavy atom. The zero-order valence-corrected chi connectivity index (χ0v) is 11.5. The van der Waals surface area contributed by atoms with Crippen molar-refractivity contribution in [3.05, 3.63) is 29.8 Å². The predicted molar refractivity (Wildman–Crippen MR) is 75.8 cm³/mol. The highest BCUT2D eigenvalue weighted by Crippen LogP contribution is 2.11. The van der Waals surface area contributed by atoms with Crippen molar-refractivity contribution in [3.8, 4) is 0 Å². The zero-order valence-electron chi connectivity index (χ0n) is 11.5. The van der Waals surface area contributed by atoms with Gasteiger partial charge in [0.2, 0.25) is 5.91 Å². The normalized spacial score (nSPS) is 10.2. The lowest BCUT2D eigenvalue weighted by atomic mass is 10.2. The molecule has 1 aromatic rings. The van der Waals surface area contributed by atoms with Gasteiger partial charge in [-0.1, -0.05) is 12.1 Å². The number of hydrogen-bond acceptors (Lipinski definition) is 3. The summed E-state index contributed by atoms with van der Waals surface area (Å²) in [6.07, 6.45) is 0.531. The summed E-state index contributed by atoms with van der Waals surface area (Å²) < 4.78 is 0. The van der Waals surface area contributed by atoms with Crippen molar-refractivity contribution in [1.29, 1.82) is 0 Å². The van der Waals surface area contributed by atoms with Gasteiger partial charge in [0, 0.05) is 45.8 Å². The van der Waals surface area contributed by atoms with Gasteiger partial charge in [0.1, 0.15) is 0 Å². The smallest absolute Gasteiger partial charge is 0.221 e. The van der Waals surface area contributed by atoms with Crippen molar-refractivity contribution in [3.63, 3.8) is 0 Å². The highest BCUT2D eigenvalue weighted by molar-refractivity contribution is 5.75. The maximum atomic E-state index is 11.2. The van der Waals surface area contributed by atoms with Gasteiger partial charge in [0.15, 0.2) is 0 Å². The van der Waals surface area contributed by atoms with E-state index in [1.807, 2.05) is 21.0 Å². The molecular formula is C14H23N3O. The lowest BCUT2D eigenvalue weighted by molar-refractivity contribution is -0.120. The Morgan fingerprint density at radius 3 is 2.44 bits per heavy atom. The summed E-state index contributed by atoms with van der Waals surface area (Å²) in [5, 5.41) is 6.04. The van der Waals surface area contributed by atoms with Crippen molar-refractivity contribution >= 4 is 11.6 Å². The average Bonchev–Trinajstić information content (AvgIpc) is 2.35. The maximum absolute atomic E-state index is 11.2. The quantitative estimate of drug-likeness (QED) is 0.717. The van der Waals surface area contributed by atoms with E-state index in [-0.39, 0.29) is 5.91 Å². The highest BCUT2D eigenvalue weighted by atomic mass is 16.1. The van der Waals surface area contributed by atoms with Crippen molar-refractivity contribution < 1.29 is 4.79 Å². The lowest BCUT2D eigenvalue weighted by Crippen LogP contribution is -2.27. The molecule has 0 spiro atoms. The van der Waals surface area contributed by atoms with Crippen LogP contribution in [0.5, 0.6) is 0 Å². The number of carbonyl (C=O) groups is 1. The first-order valence-corrected chi connectivity index (χ1v) is 6.37. The highest BCUT2D eigenvalue weighted by Gasteiger charge is 1.99. The molecule has 0 bridgehead atoms. The van der Waals surface area contributed by atoms with E-state index in [0.29, 0.717) is 19.5 Å². The summed E-state index contributed by atoms with van der Waals surface area (Å²) >= 11 is 0. The SMILES string of the molecule is CCNC(=O)CCNCc1ccc(N(C)C)cc1. The minimum Gasteiger partial charge on any atom is -0.378 e. The number of amides is 1. The molecule has 1 rings (SSSR count). The molecule has 0 saturated heterocycles. The lowest BCUT2D eigenvalue weighted by Gasteiger charge is -2.12. The molecule has 0 aliphatic heterocycles. The minimum atomic E-state index is 0.105.